The highest BCUT2D eigenvalue weighted by Gasteiger charge is 2.40. The van der Waals surface area contributed by atoms with Crippen LogP contribution in [0.2, 0.25) is 0 Å². The predicted octanol–water partition coefficient (Wildman–Crippen LogP) is 6.58. The zero-order valence-electron chi connectivity index (χ0n) is 15.7. The van der Waals surface area contributed by atoms with Crippen LogP contribution in [0.5, 0.6) is 0 Å². The zero-order chi connectivity index (χ0) is 21.4. The van der Waals surface area contributed by atoms with Gasteiger partial charge < -0.3 is 9.47 Å². The second kappa shape index (κ2) is 7.99. The molecule has 2 aromatic rings. The summed E-state index contributed by atoms with van der Waals surface area (Å²) < 4.78 is 90.1. The Labute approximate surface area is 164 Å². The van der Waals surface area contributed by atoms with Crippen LogP contribution in [0.25, 0.3) is 0 Å². The van der Waals surface area contributed by atoms with Crippen LogP contribution in [0, 0.1) is 5.92 Å². The minimum atomic E-state index is -4.90. The minimum absolute atomic E-state index is 0.0850. The van der Waals surface area contributed by atoms with Gasteiger partial charge in [0.15, 0.2) is 6.29 Å². The first-order chi connectivity index (χ1) is 13.5. The number of rotatable bonds is 4. The molecule has 0 N–H and O–H groups in total. The minimum Gasteiger partial charge on any atom is -0.352 e. The van der Waals surface area contributed by atoms with Crippen LogP contribution in [0.1, 0.15) is 48.1 Å². The van der Waals surface area contributed by atoms with E-state index in [1.807, 2.05) is 37.3 Å². The van der Waals surface area contributed by atoms with Crippen LogP contribution < -0.4 is 0 Å². The molecule has 4 atom stereocenters. The summed E-state index contributed by atoms with van der Waals surface area (Å²) in [6.07, 6.45) is -11.6. The van der Waals surface area contributed by atoms with E-state index in [2.05, 4.69) is 0 Å². The van der Waals surface area contributed by atoms with Gasteiger partial charge in [0.25, 0.3) is 0 Å². The Morgan fingerprint density at radius 2 is 1.48 bits per heavy atom. The van der Waals surface area contributed by atoms with Crippen LogP contribution >= 0.6 is 0 Å². The molecule has 2 nitrogen and oxygen atoms in total. The van der Waals surface area contributed by atoms with Gasteiger partial charge in [-0.3, -0.25) is 0 Å². The summed E-state index contributed by atoms with van der Waals surface area (Å²) in [5.41, 5.74) is -1.99. The Morgan fingerprint density at radius 3 is 2.00 bits per heavy atom. The van der Waals surface area contributed by atoms with Crippen LogP contribution in [-0.2, 0) is 21.8 Å². The van der Waals surface area contributed by atoms with Crippen LogP contribution in [0.3, 0.4) is 0 Å². The molecule has 0 bridgehead atoms. The molecular weight excluding hydrogens is 398 g/mol. The highest BCUT2D eigenvalue weighted by molar-refractivity contribution is 5.34. The molecule has 1 fully saturated rings. The van der Waals surface area contributed by atoms with Crippen molar-refractivity contribution in [3.05, 3.63) is 70.8 Å². The summed E-state index contributed by atoms with van der Waals surface area (Å²) >= 11 is 0. The number of halogens is 6. The molecule has 1 aliphatic rings. The van der Waals surface area contributed by atoms with E-state index in [1.165, 1.54) is 6.92 Å². The van der Waals surface area contributed by atoms with Crippen molar-refractivity contribution in [2.75, 3.05) is 6.61 Å². The average Bonchev–Trinajstić information content (AvgIpc) is 3.00. The van der Waals surface area contributed by atoms with Crippen molar-refractivity contribution in [2.24, 2.45) is 5.92 Å². The molecule has 0 aliphatic carbocycles. The van der Waals surface area contributed by atoms with Gasteiger partial charge in [-0.05, 0) is 42.2 Å². The fourth-order valence-electron chi connectivity index (χ4n) is 3.50. The van der Waals surface area contributed by atoms with Gasteiger partial charge in [-0.25, -0.2) is 0 Å². The van der Waals surface area contributed by atoms with Gasteiger partial charge in [0.05, 0.1) is 23.8 Å². The number of hydrogen-bond acceptors (Lipinski definition) is 2. The number of ether oxygens (including phenoxy) is 2. The van der Waals surface area contributed by atoms with Gasteiger partial charge in [-0.1, -0.05) is 37.3 Å². The third kappa shape index (κ3) is 4.93. The molecule has 0 saturated carbocycles. The van der Waals surface area contributed by atoms with Crippen molar-refractivity contribution in [1.29, 1.82) is 0 Å². The van der Waals surface area contributed by atoms with Crippen LogP contribution in [-0.4, -0.2) is 12.9 Å². The van der Waals surface area contributed by atoms with Crippen molar-refractivity contribution < 1.29 is 35.8 Å². The Balaban J connectivity index is 1.89. The molecular formula is C21H20F6O2. The lowest BCUT2D eigenvalue weighted by molar-refractivity contribution is -0.150. The molecule has 8 heteroatoms. The molecule has 2 aromatic carbocycles. The Kier molecular flexibility index (Phi) is 5.96. The van der Waals surface area contributed by atoms with Crippen LogP contribution in [0.4, 0.5) is 26.3 Å². The van der Waals surface area contributed by atoms with Gasteiger partial charge in [0.2, 0.25) is 0 Å². The second-order valence-corrected chi connectivity index (χ2v) is 7.23. The third-order valence-electron chi connectivity index (χ3n) is 5.03. The second-order valence-electron chi connectivity index (χ2n) is 7.23. The summed E-state index contributed by atoms with van der Waals surface area (Å²) in [7, 11) is 0. The highest BCUT2D eigenvalue weighted by atomic mass is 19.4. The van der Waals surface area contributed by atoms with Gasteiger partial charge in [-0.2, -0.15) is 26.3 Å². The summed E-state index contributed by atoms with van der Waals surface area (Å²) in [6.45, 7) is 3.76. The molecule has 0 aromatic heterocycles. The predicted molar refractivity (Wildman–Crippen MR) is 94.0 cm³/mol. The number of hydrogen-bond donors (Lipinski definition) is 0. The quantitative estimate of drug-likeness (QED) is 0.523. The number of alkyl halides is 6. The standard InChI is InChI=1S/C21H20F6O2/c1-12-11-28-19(18(12)14-6-4-3-5-7-14)29-13(2)15-8-16(20(22,23)24)10-17(9-15)21(25,26)27/h3-10,12-13,18-19H,11H2,1-2H3/t12-,13-,18-,19-/m0/s1. The monoisotopic (exact) mass is 418 g/mol. The van der Waals surface area contributed by atoms with Gasteiger partial charge in [0.1, 0.15) is 0 Å². The van der Waals surface area contributed by atoms with E-state index in [-0.39, 0.29) is 23.5 Å². The number of benzene rings is 2. The topological polar surface area (TPSA) is 18.5 Å². The van der Waals surface area contributed by atoms with E-state index in [0.29, 0.717) is 18.7 Å². The van der Waals surface area contributed by atoms with Crippen molar-refractivity contribution in [1.82, 2.24) is 0 Å². The van der Waals surface area contributed by atoms with E-state index >= 15 is 0 Å². The molecule has 1 aliphatic heterocycles. The maximum absolute atomic E-state index is 13.1. The lowest BCUT2D eigenvalue weighted by Gasteiger charge is -2.26. The van der Waals surface area contributed by atoms with Gasteiger partial charge in [0, 0.05) is 5.92 Å². The molecule has 29 heavy (non-hydrogen) atoms. The molecule has 0 spiro atoms. The molecule has 1 heterocycles. The highest BCUT2D eigenvalue weighted by Crippen LogP contribution is 2.41. The molecule has 0 amide bonds. The SMILES string of the molecule is C[C@H](O[C@@H]1OC[C@H](C)[C@H]1c1ccccc1)c1cc(C(F)(F)F)cc(C(F)(F)F)c1. The van der Waals surface area contributed by atoms with Crippen LogP contribution in [0.15, 0.2) is 48.5 Å². The summed E-state index contributed by atoms with van der Waals surface area (Å²) in [4.78, 5) is 0. The van der Waals surface area contributed by atoms with Crippen molar-refractivity contribution in [3.63, 3.8) is 0 Å². The molecule has 158 valence electrons. The average molecular weight is 418 g/mol. The van der Waals surface area contributed by atoms with Gasteiger partial charge >= 0.3 is 12.4 Å². The maximum Gasteiger partial charge on any atom is 0.416 e. The van der Waals surface area contributed by atoms with E-state index in [0.717, 1.165) is 5.56 Å². The first-order valence-corrected chi connectivity index (χ1v) is 9.08. The first-order valence-electron chi connectivity index (χ1n) is 9.08. The van der Waals surface area contributed by atoms with Crippen molar-refractivity contribution in [2.45, 2.75) is 44.5 Å². The largest absolute Gasteiger partial charge is 0.416 e. The fraction of sp³-hybridized carbons (Fsp3) is 0.429. The molecule has 0 radical (unpaired) electrons. The molecule has 1 saturated heterocycles. The maximum atomic E-state index is 13.1. The Hall–Kier alpha value is -2.06. The lowest BCUT2D eigenvalue weighted by atomic mass is 9.89. The summed E-state index contributed by atoms with van der Waals surface area (Å²) in [5, 5.41) is 0. The molecule has 3 rings (SSSR count). The Morgan fingerprint density at radius 1 is 0.931 bits per heavy atom. The summed E-state index contributed by atoms with van der Waals surface area (Å²) in [5.74, 6) is -0.0895. The lowest BCUT2D eigenvalue weighted by Crippen LogP contribution is -2.23. The summed E-state index contributed by atoms with van der Waals surface area (Å²) in [6, 6.07) is 10.8. The van der Waals surface area contributed by atoms with E-state index in [4.69, 9.17) is 9.47 Å². The smallest absolute Gasteiger partial charge is 0.352 e. The van der Waals surface area contributed by atoms with Crippen molar-refractivity contribution >= 4 is 0 Å². The zero-order valence-corrected chi connectivity index (χ0v) is 15.7. The fourth-order valence-corrected chi connectivity index (χ4v) is 3.50. The van der Waals surface area contributed by atoms with E-state index in [9.17, 15) is 26.3 Å². The first kappa shape index (κ1) is 21.6. The van der Waals surface area contributed by atoms with E-state index < -0.39 is 35.9 Å². The van der Waals surface area contributed by atoms with Crippen molar-refractivity contribution in [3.8, 4) is 0 Å². The third-order valence-corrected chi connectivity index (χ3v) is 5.03. The van der Waals surface area contributed by atoms with Gasteiger partial charge in [-0.15, -0.1) is 0 Å². The molecule has 0 unspecified atom stereocenters. The van der Waals surface area contributed by atoms with E-state index in [1.54, 1.807) is 0 Å². The Bertz CT molecular complexity index is 799. The normalized spacial score (nSPS) is 23.9.